The highest BCUT2D eigenvalue weighted by atomic mass is 32.2. The lowest BCUT2D eigenvalue weighted by Crippen LogP contribution is -2.12. The number of carbonyl (C=O) groups excluding carboxylic acids is 2. The van der Waals surface area contributed by atoms with Gasteiger partial charge >= 0.3 is 0 Å². The lowest BCUT2D eigenvalue weighted by Gasteiger charge is -2.16. The van der Waals surface area contributed by atoms with Gasteiger partial charge in [-0.25, -0.2) is 0 Å². The van der Waals surface area contributed by atoms with E-state index in [1.54, 1.807) is 23.5 Å². The minimum Gasteiger partial charge on any atom is -0.410 e. The summed E-state index contributed by atoms with van der Waals surface area (Å²) >= 11 is 4.24. The summed E-state index contributed by atoms with van der Waals surface area (Å²) in [6.45, 7) is 2.28. The first kappa shape index (κ1) is 19.4. The molecule has 0 fully saturated rings. The van der Waals surface area contributed by atoms with E-state index in [4.69, 9.17) is 10.2 Å². The maximum atomic E-state index is 12.3. The van der Waals surface area contributed by atoms with Crippen molar-refractivity contribution >= 4 is 46.1 Å². The van der Waals surface area contributed by atoms with Crippen molar-refractivity contribution in [2.45, 2.75) is 37.8 Å². The Bertz CT molecular complexity index is 1020. The number of aromatic nitrogens is 2. The standard InChI is InChI=1S/C19H19N3O3S3/c1-10-2-4-14-11(6-10)7-16(28-14)18-21-22-19(25-18)26-9-13(23)15-5-3-12(27-15)8-17(20)24/h3,5,7,10H,2,4,6,8-9H2,1H3,(H2,20,24)/t10-/m1/s1. The summed E-state index contributed by atoms with van der Waals surface area (Å²) in [5, 5.41) is 8.60. The summed E-state index contributed by atoms with van der Waals surface area (Å²) in [4.78, 5) is 27.1. The molecule has 0 saturated carbocycles. The van der Waals surface area contributed by atoms with E-state index in [1.807, 2.05) is 0 Å². The number of thioether (sulfide) groups is 1. The van der Waals surface area contributed by atoms with Crippen LogP contribution in [-0.2, 0) is 24.1 Å². The van der Waals surface area contributed by atoms with Crippen molar-refractivity contribution in [3.8, 4) is 10.8 Å². The van der Waals surface area contributed by atoms with Crippen LogP contribution in [0.25, 0.3) is 10.8 Å². The van der Waals surface area contributed by atoms with Gasteiger partial charge in [0.05, 0.1) is 21.9 Å². The topological polar surface area (TPSA) is 99.1 Å². The van der Waals surface area contributed by atoms with E-state index in [9.17, 15) is 9.59 Å². The van der Waals surface area contributed by atoms with Crippen LogP contribution in [0.3, 0.4) is 0 Å². The molecule has 0 aliphatic heterocycles. The van der Waals surface area contributed by atoms with Crippen LogP contribution in [0.1, 0.15) is 38.3 Å². The minimum atomic E-state index is -0.404. The predicted octanol–water partition coefficient (Wildman–Crippen LogP) is 3.99. The number of nitrogens with two attached hydrogens (primary N) is 1. The molecule has 3 aromatic heterocycles. The number of Topliss-reactive ketones (excluding diaryl/α,β-unsaturated/α-hetero) is 1. The van der Waals surface area contributed by atoms with Crippen molar-refractivity contribution in [3.63, 3.8) is 0 Å². The van der Waals surface area contributed by atoms with Gasteiger partial charge in [-0.2, -0.15) is 0 Å². The molecule has 2 N–H and O–H groups in total. The zero-order valence-electron chi connectivity index (χ0n) is 15.3. The van der Waals surface area contributed by atoms with Gasteiger partial charge in [0.2, 0.25) is 5.91 Å². The molecule has 28 heavy (non-hydrogen) atoms. The zero-order valence-corrected chi connectivity index (χ0v) is 17.7. The maximum absolute atomic E-state index is 12.3. The number of hydrogen-bond acceptors (Lipinski definition) is 8. The Balaban J connectivity index is 1.38. The van der Waals surface area contributed by atoms with Crippen molar-refractivity contribution in [3.05, 3.63) is 38.4 Å². The normalized spacial score (nSPS) is 16.1. The summed E-state index contributed by atoms with van der Waals surface area (Å²) in [6, 6.07) is 5.65. The number of nitrogens with zero attached hydrogens (tertiary/aromatic N) is 2. The van der Waals surface area contributed by atoms with E-state index < -0.39 is 5.91 Å². The molecule has 0 bridgehead atoms. The molecule has 1 aliphatic carbocycles. The van der Waals surface area contributed by atoms with Gasteiger partial charge < -0.3 is 10.2 Å². The molecule has 6 nitrogen and oxygen atoms in total. The van der Waals surface area contributed by atoms with Crippen LogP contribution in [-0.4, -0.2) is 27.6 Å². The van der Waals surface area contributed by atoms with Crippen molar-refractivity contribution in [2.24, 2.45) is 11.7 Å². The van der Waals surface area contributed by atoms with Crippen LogP contribution >= 0.6 is 34.4 Å². The van der Waals surface area contributed by atoms with Gasteiger partial charge in [-0.3, -0.25) is 9.59 Å². The molecular weight excluding hydrogens is 414 g/mol. The Hall–Kier alpha value is -1.97. The highest BCUT2D eigenvalue weighted by molar-refractivity contribution is 7.99. The smallest absolute Gasteiger partial charge is 0.277 e. The highest BCUT2D eigenvalue weighted by Gasteiger charge is 2.21. The molecular formula is C19H19N3O3S3. The summed E-state index contributed by atoms with van der Waals surface area (Å²) in [6.07, 6.45) is 3.60. The summed E-state index contributed by atoms with van der Waals surface area (Å²) in [7, 11) is 0. The number of rotatable bonds is 7. The van der Waals surface area contributed by atoms with Crippen molar-refractivity contribution in [1.82, 2.24) is 10.2 Å². The molecule has 4 rings (SSSR count). The van der Waals surface area contributed by atoms with E-state index in [0.717, 1.165) is 28.5 Å². The second-order valence-electron chi connectivity index (χ2n) is 6.90. The first-order valence-corrected chi connectivity index (χ1v) is 11.6. The fraction of sp³-hybridized carbons (Fsp3) is 0.368. The van der Waals surface area contributed by atoms with E-state index in [0.29, 0.717) is 16.0 Å². The third kappa shape index (κ3) is 4.37. The van der Waals surface area contributed by atoms with Crippen molar-refractivity contribution in [2.75, 3.05) is 5.75 Å². The molecule has 9 heteroatoms. The number of primary amides is 1. The van der Waals surface area contributed by atoms with Gasteiger partial charge in [0.25, 0.3) is 11.1 Å². The van der Waals surface area contributed by atoms with Crippen LogP contribution in [0.4, 0.5) is 0 Å². The van der Waals surface area contributed by atoms with Crippen LogP contribution in [0, 0.1) is 5.92 Å². The fourth-order valence-corrected chi connectivity index (χ4v) is 5.99. The van der Waals surface area contributed by atoms with Crippen molar-refractivity contribution in [1.29, 1.82) is 0 Å². The Labute approximate surface area is 174 Å². The van der Waals surface area contributed by atoms with Gasteiger partial charge in [0.1, 0.15) is 0 Å². The quantitative estimate of drug-likeness (QED) is 0.447. The van der Waals surface area contributed by atoms with Crippen molar-refractivity contribution < 1.29 is 14.0 Å². The van der Waals surface area contributed by atoms with Crippen LogP contribution in [0.2, 0.25) is 0 Å². The van der Waals surface area contributed by atoms with Gasteiger partial charge in [-0.05, 0) is 48.9 Å². The van der Waals surface area contributed by atoms with Gasteiger partial charge in [-0.1, -0.05) is 18.7 Å². The molecule has 0 aromatic carbocycles. The van der Waals surface area contributed by atoms with E-state index in [-0.39, 0.29) is 18.0 Å². The first-order valence-electron chi connectivity index (χ1n) is 8.96. The molecule has 1 aliphatic rings. The number of ketones is 1. The molecule has 146 valence electrons. The van der Waals surface area contributed by atoms with Crippen LogP contribution in [0.15, 0.2) is 27.8 Å². The van der Waals surface area contributed by atoms with Crippen LogP contribution < -0.4 is 5.73 Å². The number of hydrogen-bond donors (Lipinski definition) is 1. The van der Waals surface area contributed by atoms with Gasteiger partial charge in [0.15, 0.2) is 5.78 Å². The Morgan fingerprint density at radius 2 is 2.18 bits per heavy atom. The SMILES string of the molecule is C[C@@H]1CCc2sc(-c3nnc(SCC(=O)c4ccc(CC(N)=O)s4)o3)cc2C1. The second kappa shape index (κ2) is 8.18. The molecule has 3 aromatic rings. The molecule has 0 unspecified atom stereocenters. The summed E-state index contributed by atoms with van der Waals surface area (Å²) in [5.41, 5.74) is 6.58. The molecule has 0 saturated heterocycles. The number of amides is 1. The monoisotopic (exact) mass is 433 g/mol. The molecule has 0 spiro atoms. The predicted molar refractivity (Wildman–Crippen MR) is 111 cm³/mol. The maximum Gasteiger partial charge on any atom is 0.277 e. The lowest BCUT2D eigenvalue weighted by molar-refractivity contribution is -0.117. The molecule has 3 heterocycles. The summed E-state index contributed by atoms with van der Waals surface area (Å²) < 4.78 is 5.76. The average Bonchev–Trinajstić information content (AvgIpc) is 3.37. The van der Waals surface area contributed by atoms with Gasteiger partial charge in [0, 0.05) is 9.75 Å². The largest absolute Gasteiger partial charge is 0.410 e. The highest BCUT2D eigenvalue weighted by Crippen LogP contribution is 2.37. The Kier molecular flexibility index (Phi) is 5.65. The minimum absolute atomic E-state index is 0.0361. The molecule has 1 atom stereocenters. The third-order valence-electron chi connectivity index (χ3n) is 4.56. The second-order valence-corrected chi connectivity index (χ2v) is 10.1. The van der Waals surface area contributed by atoms with Gasteiger partial charge in [-0.15, -0.1) is 32.9 Å². The van der Waals surface area contributed by atoms with E-state index >= 15 is 0 Å². The first-order chi connectivity index (χ1) is 13.5. The number of thiophene rings is 2. The average molecular weight is 434 g/mol. The number of carbonyl (C=O) groups is 2. The van der Waals surface area contributed by atoms with Crippen LogP contribution in [0.5, 0.6) is 0 Å². The Morgan fingerprint density at radius 3 is 3.00 bits per heavy atom. The van der Waals surface area contributed by atoms with E-state index in [1.165, 1.54) is 40.0 Å². The number of fused-ring (bicyclic) bond motifs is 1. The third-order valence-corrected chi connectivity index (χ3v) is 7.73. The lowest BCUT2D eigenvalue weighted by atomic mass is 9.90. The molecule has 0 radical (unpaired) electrons. The molecule has 1 amide bonds. The fourth-order valence-electron chi connectivity index (χ4n) is 3.17. The van der Waals surface area contributed by atoms with E-state index in [2.05, 4.69) is 23.2 Å². The summed E-state index contributed by atoms with van der Waals surface area (Å²) in [5.74, 6) is 0.998. The Morgan fingerprint density at radius 1 is 1.32 bits per heavy atom. The number of aryl methyl sites for hydroxylation is 1. The zero-order chi connectivity index (χ0) is 19.7.